The van der Waals surface area contributed by atoms with E-state index in [2.05, 4.69) is 26.6 Å². The molecule has 2 N–H and O–H groups in total. The van der Waals surface area contributed by atoms with Crippen LogP contribution in [-0.4, -0.2) is 54.7 Å². The highest BCUT2D eigenvalue weighted by Gasteiger charge is 2.36. The minimum Gasteiger partial charge on any atom is -0.494 e. The molecular weight excluding hydrogens is 614 g/mol. The summed E-state index contributed by atoms with van der Waals surface area (Å²) in [6, 6.07) is 19.0. The van der Waals surface area contributed by atoms with Gasteiger partial charge in [0.2, 0.25) is 5.91 Å². The molecule has 0 atom stereocenters. The molecule has 10 nitrogen and oxygen atoms in total. The smallest absolute Gasteiger partial charge is 0.294 e. The quantitative estimate of drug-likeness (QED) is 0.262. The minimum absolute atomic E-state index is 0.147. The summed E-state index contributed by atoms with van der Waals surface area (Å²) in [6.45, 7) is 1.70. The van der Waals surface area contributed by atoms with Crippen LogP contribution in [0.2, 0.25) is 0 Å². The minimum atomic E-state index is -0.588. The zero-order chi connectivity index (χ0) is 29.4. The predicted molar refractivity (Wildman–Crippen MR) is 160 cm³/mol. The maximum absolute atomic E-state index is 13.0. The first-order valence-corrected chi connectivity index (χ1v) is 14.0. The van der Waals surface area contributed by atoms with Crippen molar-refractivity contribution in [3.63, 3.8) is 0 Å². The number of ether oxygens (including phenoxy) is 3. The lowest BCUT2D eigenvalue weighted by atomic mass is 10.2. The summed E-state index contributed by atoms with van der Waals surface area (Å²) >= 11 is 4.16. The number of amides is 4. The second-order valence-corrected chi connectivity index (χ2v) is 10.4. The molecule has 1 saturated heterocycles. The van der Waals surface area contributed by atoms with E-state index < -0.39 is 23.6 Å². The number of nitrogens with one attached hydrogen (secondary N) is 2. The summed E-state index contributed by atoms with van der Waals surface area (Å²) in [4.78, 5) is 51.4. The fourth-order valence-corrected chi connectivity index (χ4v) is 5.16. The Bertz CT molecular complexity index is 1480. The molecule has 0 aliphatic carbocycles. The van der Waals surface area contributed by atoms with Crippen LogP contribution in [0.4, 0.5) is 16.2 Å². The highest BCUT2D eigenvalue weighted by atomic mass is 79.9. The van der Waals surface area contributed by atoms with Crippen LogP contribution in [0.25, 0.3) is 6.08 Å². The van der Waals surface area contributed by atoms with Gasteiger partial charge in [0.25, 0.3) is 17.1 Å². The number of carbonyl (C=O) groups excluding carboxylic acids is 4. The van der Waals surface area contributed by atoms with E-state index in [4.69, 9.17) is 14.2 Å². The Morgan fingerprint density at radius 3 is 2.32 bits per heavy atom. The number of nitrogens with zero attached hydrogens (tertiary/aromatic N) is 1. The molecule has 4 amide bonds. The van der Waals surface area contributed by atoms with Gasteiger partial charge in [-0.2, -0.15) is 0 Å². The molecule has 1 aliphatic rings. The van der Waals surface area contributed by atoms with Gasteiger partial charge in [-0.1, -0.05) is 18.2 Å². The highest BCUT2D eigenvalue weighted by Crippen LogP contribution is 2.39. The Hall–Kier alpha value is -4.29. The predicted octanol–water partition coefficient (Wildman–Crippen LogP) is 5.55. The van der Waals surface area contributed by atoms with Crippen LogP contribution in [0.3, 0.4) is 0 Å². The summed E-state index contributed by atoms with van der Waals surface area (Å²) in [6.07, 6.45) is 1.52. The fourth-order valence-electron chi connectivity index (χ4n) is 3.75. The number of imide groups is 1. The number of benzene rings is 3. The SMILES string of the molecule is CCOc1ccc(NC(=O)CN2C(=O)S/C(=C/c3cc(Br)c(OCC(=O)Nc4ccccc4)c(OC)c3)C2=O)cc1. The number of halogens is 1. The summed E-state index contributed by atoms with van der Waals surface area (Å²) in [7, 11) is 1.44. The Balaban J connectivity index is 1.40. The zero-order valence-corrected chi connectivity index (χ0v) is 24.5. The molecule has 12 heteroatoms. The van der Waals surface area contributed by atoms with Crippen LogP contribution in [0, 0.1) is 0 Å². The van der Waals surface area contributed by atoms with Crippen LogP contribution >= 0.6 is 27.7 Å². The third kappa shape index (κ3) is 7.89. The van der Waals surface area contributed by atoms with Crippen LogP contribution in [0.15, 0.2) is 76.1 Å². The maximum Gasteiger partial charge on any atom is 0.294 e. The van der Waals surface area contributed by atoms with Crippen molar-refractivity contribution in [1.29, 1.82) is 0 Å². The van der Waals surface area contributed by atoms with E-state index >= 15 is 0 Å². The molecular formula is C29H26BrN3O7S. The Morgan fingerprint density at radius 2 is 1.63 bits per heavy atom. The van der Waals surface area contributed by atoms with Crippen molar-refractivity contribution < 1.29 is 33.4 Å². The second-order valence-electron chi connectivity index (χ2n) is 8.51. The maximum atomic E-state index is 13.0. The molecule has 0 spiro atoms. The Kier molecular flexibility index (Phi) is 10.0. The number of anilines is 2. The zero-order valence-electron chi connectivity index (χ0n) is 22.1. The molecule has 1 fully saturated rings. The molecule has 41 heavy (non-hydrogen) atoms. The topological polar surface area (TPSA) is 123 Å². The lowest BCUT2D eigenvalue weighted by Crippen LogP contribution is -2.36. The average molecular weight is 641 g/mol. The molecule has 0 saturated carbocycles. The number of rotatable bonds is 11. The molecule has 4 rings (SSSR count). The summed E-state index contributed by atoms with van der Waals surface area (Å²) in [5, 5.41) is 4.85. The second kappa shape index (κ2) is 13.9. The van der Waals surface area contributed by atoms with Crippen molar-refractivity contribution >= 4 is 68.1 Å². The summed E-state index contributed by atoms with van der Waals surface area (Å²) in [5.74, 6) is -0.179. The van der Waals surface area contributed by atoms with Gasteiger partial charge < -0.3 is 24.8 Å². The first-order valence-electron chi connectivity index (χ1n) is 12.4. The van der Waals surface area contributed by atoms with Gasteiger partial charge in [-0.15, -0.1) is 0 Å². The molecule has 3 aromatic rings. The van der Waals surface area contributed by atoms with E-state index in [1.165, 1.54) is 13.2 Å². The number of thioether (sulfide) groups is 1. The monoisotopic (exact) mass is 639 g/mol. The van der Waals surface area contributed by atoms with Gasteiger partial charge >= 0.3 is 0 Å². The molecule has 0 unspecified atom stereocenters. The number of hydrogen-bond donors (Lipinski definition) is 2. The van der Waals surface area contributed by atoms with Crippen molar-refractivity contribution in [3.05, 3.63) is 81.7 Å². The third-order valence-corrected chi connectivity index (χ3v) is 7.08. The van der Waals surface area contributed by atoms with E-state index in [-0.39, 0.29) is 17.4 Å². The Morgan fingerprint density at radius 1 is 0.951 bits per heavy atom. The van der Waals surface area contributed by atoms with E-state index in [0.29, 0.717) is 45.3 Å². The van der Waals surface area contributed by atoms with Gasteiger partial charge in [0.15, 0.2) is 18.1 Å². The van der Waals surface area contributed by atoms with Crippen LogP contribution in [0.5, 0.6) is 17.2 Å². The van der Waals surface area contributed by atoms with Crippen LogP contribution in [0.1, 0.15) is 12.5 Å². The molecule has 1 aliphatic heterocycles. The number of para-hydroxylation sites is 1. The summed E-state index contributed by atoms with van der Waals surface area (Å²) < 4.78 is 17.0. The van der Waals surface area contributed by atoms with Gasteiger partial charge in [0.1, 0.15) is 12.3 Å². The lowest BCUT2D eigenvalue weighted by Gasteiger charge is -2.14. The molecule has 212 valence electrons. The molecule has 0 aromatic heterocycles. The molecule has 0 bridgehead atoms. The van der Waals surface area contributed by atoms with Crippen molar-refractivity contribution in [3.8, 4) is 17.2 Å². The first-order chi connectivity index (χ1) is 19.8. The largest absolute Gasteiger partial charge is 0.494 e. The van der Waals surface area contributed by atoms with Crippen molar-refractivity contribution in [2.24, 2.45) is 0 Å². The van der Waals surface area contributed by atoms with Gasteiger partial charge in [-0.3, -0.25) is 24.1 Å². The van der Waals surface area contributed by atoms with Crippen molar-refractivity contribution in [1.82, 2.24) is 4.90 Å². The third-order valence-electron chi connectivity index (χ3n) is 5.58. The van der Waals surface area contributed by atoms with Gasteiger partial charge in [0.05, 0.1) is 23.1 Å². The highest BCUT2D eigenvalue weighted by molar-refractivity contribution is 9.10. The summed E-state index contributed by atoms with van der Waals surface area (Å²) in [5.41, 5.74) is 1.70. The lowest BCUT2D eigenvalue weighted by molar-refractivity contribution is -0.127. The standard InChI is InChI=1S/C29H26BrN3O7S/c1-3-39-21-11-9-20(10-12-21)31-25(34)16-33-28(36)24(41-29(33)37)15-18-13-22(30)27(23(14-18)38-2)40-17-26(35)32-19-7-5-4-6-8-19/h4-15H,3,16-17H2,1-2H3,(H,31,34)(H,32,35)/b24-15+. The van der Waals surface area contributed by atoms with Gasteiger partial charge in [-0.25, -0.2) is 0 Å². The Labute approximate surface area is 249 Å². The molecule has 1 heterocycles. The van der Waals surface area contributed by atoms with E-state index in [0.717, 1.165) is 16.7 Å². The van der Waals surface area contributed by atoms with Crippen molar-refractivity contribution in [2.45, 2.75) is 6.92 Å². The normalized spacial score (nSPS) is 13.7. The number of carbonyl (C=O) groups is 4. The van der Waals surface area contributed by atoms with Crippen molar-refractivity contribution in [2.75, 3.05) is 37.5 Å². The van der Waals surface area contributed by atoms with Crippen LogP contribution < -0.4 is 24.8 Å². The molecule has 3 aromatic carbocycles. The number of hydrogen-bond acceptors (Lipinski definition) is 8. The fraction of sp³-hybridized carbons (Fsp3) is 0.172. The first kappa shape index (κ1) is 29.7. The number of methoxy groups -OCH3 is 1. The molecule has 0 radical (unpaired) electrons. The van der Waals surface area contributed by atoms with E-state index in [9.17, 15) is 19.2 Å². The van der Waals surface area contributed by atoms with E-state index in [1.807, 2.05) is 25.1 Å². The van der Waals surface area contributed by atoms with Gasteiger partial charge in [0, 0.05) is 11.4 Å². The van der Waals surface area contributed by atoms with E-state index in [1.54, 1.807) is 48.5 Å². The van der Waals surface area contributed by atoms with Crippen LogP contribution in [-0.2, 0) is 14.4 Å². The van der Waals surface area contributed by atoms with Gasteiger partial charge in [-0.05, 0) is 94.8 Å². The average Bonchev–Trinajstić information content (AvgIpc) is 3.21.